The summed E-state index contributed by atoms with van der Waals surface area (Å²) in [6.45, 7) is 4.54. The van der Waals surface area contributed by atoms with E-state index in [2.05, 4.69) is 19.9 Å². The standard InChI is InChI=1S/C16H28O2/c1-11(2)12-6-5-7-13(10-12)14-8-3-4-9-15(14)16(17)18/h6,11,13-18H,3-5,7-10H2,1-2H3. The van der Waals surface area contributed by atoms with Gasteiger partial charge in [-0.2, -0.15) is 0 Å². The third-order valence-electron chi connectivity index (χ3n) is 5.05. The quantitative estimate of drug-likeness (QED) is 0.596. The Morgan fingerprint density at radius 2 is 1.83 bits per heavy atom. The average molecular weight is 252 g/mol. The fourth-order valence-electron chi connectivity index (χ4n) is 3.95. The van der Waals surface area contributed by atoms with Crippen molar-refractivity contribution in [2.75, 3.05) is 0 Å². The van der Waals surface area contributed by atoms with Gasteiger partial charge in [0.25, 0.3) is 0 Å². The van der Waals surface area contributed by atoms with Crippen LogP contribution >= 0.6 is 0 Å². The summed E-state index contributed by atoms with van der Waals surface area (Å²) >= 11 is 0. The first-order valence-electron chi connectivity index (χ1n) is 7.64. The lowest BCUT2D eigenvalue weighted by atomic mass is 9.67. The molecule has 0 aromatic heterocycles. The molecular formula is C16H28O2. The van der Waals surface area contributed by atoms with Gasteiger partial charge >= 0.3 is 0 Å². The summed E-state index contributed by atoms with van der Waals surface area (Å²) in [5, 5.41) is 19.2. The van der Waals surface area contributed by atoms with E-state index in [1.54, 1.807) is 5.57 Å². The predicted octanol–water partition coefficient (Wildman–Crippen LogP) is 3.49. The lowest BCUT2D eigenvalue weighted by Gasteiger charge is -2.40. The van der Waals surface area contributed by atoms with Crippen molar-refractivity contribution < 1.29 is 10.2 Å². The zero-order chi connectivity index (χ0) is 13.1. The second-order valence-electron chi connectivity index (χ2n) is 6.50. The molecular weight excluding hydrogens is 224 g/mol. The number of aliphatic hydroxyl groups is 2. The minimum atomic E-state index is -1.11. The molecule has 0 spiro atoms. The molecule has 3 unspecified atom stereocenters. The first-order chi connectivity index (χ1) is 8.59. The molecule has 0 heterocycles. The molecule has 1 fully saturated rings. The molecule has 2 rings (SSSR count). The Hall–Kier alpha value is -0.340. The van der Waals surface area contributed by atoms with Crippen LogP contribution in [0.2, 0.25) is 0 Å². The molecule has 0 saturated heterocycles. The summed E-state index contributed by atoms with van der Waals surface area (Å²) in [6.07, 6.45) is 9.54. The van der Waals surface area contributed by atoms with Gasteiger partial charge in [0.15, 0.2) is 6.29 Å². The minimum absolute atomic E-state index is 0.121. The molecule has 0 radical (unpaired) electrons. The predicted molar refractivity (Wildman–Crippen MR) is 73.9 cm³/mol. The highest BCUT2D eigenvalue weighted by Crippen LogP contribution is 2.43. The van der Waals surface area contributed by atoms with Crippen LogP contribution in [0.25, 0.3) is 0 Å². The van der Waals surface area contributed by atoms with Gasteiger partial charge < -0.3 is 10.2 Å². The highest BCUT2D eigenvalue weighted by atomic mass is 16.5. The normalized spacial score (nSPS) is 33.9. The molecule has 2 N–H and O–H groups in total. The molecule has 0 aromatic carbocycles. The average Bonchev–Trinajstić information content (AvgIpc) is 2.39. The molecule has 2 nitrogen and oxygen atoms in total. The van der Waals surface area contributed by atoms with Gasteiger partial charge in [-0.05, 0) is 49.9 Å². The molecule has 104 valence electrons. The molecule has 2 aliphatic rings. The summed E-state index contributed by atoms with van der Waals surface area (Å²) in [5.74, 6) is 1.98. The lowest BCUT2D eigenvalue weighted by Crippen LogP contribution is -2.36. The van der Waals surface area contributed by atoms with Crippen LogP contribution in [-0.4, -0.2) is 16.5 Å². The fourth-order valence-corrected chi connectivity index (χ4v) is 3.95. The first-order valence-corrected chi connectivity index (χ1v) is 7.64. The van der Waals surface area contributed by atoms with Crippen LogP contribution in [0.1, 0.15) is 58.8 Å². The highest BCUT2D eigenvalue weighted by molar-refractivity contribution is 5.10. The summed E-state index contributed by atoms with van der Waals surface area (Å²) < 4.78 is 0. The van der Waals surface area contributed by atoms with Crippen LogP contribution in [0.3, 0.4) is 0 Å². The molecule has 3 atom stereocenters. The lowest BCUT2D eigenvalue weighted by molar-refractivity contribution is -0.119. The van der Waals surface area contributed by atoms with Crippen molar-refractivity contribution in [3.63, 3.8) is 0 Å². The van der Waals surface area contributed by atoms with E-state index >= 15 is 0 Å². The Balaban J connectivity index is 2.03. The van der Waals surface area contributed by atoms with E-state index < -0.39 is 6.29 Å². The van der Waals surface area contributed by atoms with E-state index in [0.29, 0.717) is 17.8 Å². The van der Waals surface area contributed by atoms with Crippen molar-refractivity contribution in [3.8, 4) is 0 Å². The molecule has 0 bridgehead atoms. The zero-order valence-corrected chi connectivity index (χ0v) is 11.8. The van der Waals surface area contributed by atoms with Gasteiger partial charge in [-0.1, -0.05) is 38.3 Å². The van der Waals surface area contributed by atoms with Crippen LogP contribution in [-0.2, 0) is 0 Å². The maximum atomic E-state index is 9.59. The van der Waals surface area contributed by atoms with E-state index in [9.17, 15) is 10.2 Å². The summed E-state index contributed by atoms with van der Waals surface area (Å²) in [4.78, 5) is 0. The van der Waals surface area contributed by atoms with E-state index in [0.717, 1.165) is 6.42 Å². The smallest absolute Gasteiger partial charge is 0.154 e. The second kappa shape index (κ2) is 6.21. The third kappa shape index (κ3) is 3.16. The Bertz CT molecular complexity index is 293. The van der Waals surface area contributed by atoms with Crippen LogP contribution in [0.4, 0.5) is 0 Å². The minimum Gasteiger partial charge on any atom is -0.368 e. The fraction of sp³-hybridized carbons (Fsp3) is 0.875. The summed E-state index contributed by atoms with van der Waals surface area (Å²) in [5.41, 5.74) is 1.59. The number of aliphatic hydroxyl groups excluding tert-OH is 1. The van der Waals surface area contributed by atoms with Crippen molar-refractivity contribution in [1.29, 1.82) is 0 Å². The largest absolute Gasteiger partial charge is 0.368 e. The molecule has 18 heavy (non-hydrogen) atoms. The number of hydrogen-bond acceptors (Lipinski definition) is 2. The molecule has 2 heteroatoms. The molecule has 1 saturated carbocycles. The van der Waals surface area contributed by atoms with Gasteiger partial charge in [0.1, 0.15) is 0 Å². The number of allylic oxidation sites excluding steroid dienone is 2. The van der Waals surface area contributed by atoms with Crippen LogP contribution in [0.5, 0.6) is 0 Å². The number of rotatable bonds is 3. The van der Waals surface area contributed by atoms with Crippen molar-refractivity contribution >= 4 is 0 Å². The van der Waals surface area contributed by atoms with E-state index in [1.165, 1.54) is 38.5 Å². The van der Waals surface area contributed by atoms with Gasteiger partial charge in [0.2, 0.25) is 0 Å². The van der Waals surface area contributed by atoms with E-state index in [4.69, 9.17) is 0 Å². The van der Waals surface area contributed by atoms with Gasteiger partial charge in [0, 0.05) is 5.92 Å². The molecule has 0 aliphatic heterocycles. The summed E-state index contributed by atoms with van der Waals surface area (Å²) in [7, 11) is 0. The molecule has 0 aromatic rings. The Morgan fingerprint density at radius 3 is 2.50 bits per heavy atom. The maximum Gasteiger partial charge on any atom is 0.154 e. The van der Waals surface area contributed by atoms with E-state index in [-0.39, 0.29) is 5.92 Å². The van der Waals surface area contributed by atoms with Gasteiger partial charge in [-0.25, -0.2) is 0 Å². The van der Waals surface area contributed by atoms with Crippen LogP contribution in [0, 0.1) is 23.7 Å². The third-order valence-corrected chi connectivity index (χ3v) is 5.05. The monoisotopic (exact) mass is 252 g/mol. The Labute approximate surface area is 111 Å². The molecule has 2 aliphatic carbocycles. The first kappa shape index (κ1) is 14.1. The Kier molecular flexibility index (Phi) is 4.85. The topological polar surface area (TPSA) is 40.5 Å². The molecule has 0 amide bonds. The van der Waals surface area contributed by atoms with Gasteiger partial charge in [-0.3, -0.25) is 0 Å². The van der Waals surface area contributed by atoms with E-state index in [1.807, 2.05) is 0 Å². The Morgan fingerprint density at radius 1 is 1.11 bits per heavy atom. The SMILES string of the molecule is CC(C)C1=CCCC(C2CCCCC2C(O)O)C1. The van der Waals surface area contributed by atoms with Crippen molar-refractivity contribution in [2.24, 2.45) is 23.7 Å². The van der Waals surface area contributed by atoms with Gasteiger partial charge in [-0.15, -0.1) is 0 Å². The second-order valence-corrected chi connectivity index (χ2v) is 6.50. The van der Waals surface area contributed by atoms with Gasteiger partial charge in [0.05, 0.1) is 0 Å². The maximum absolute atomic E-state index is 9.59. The van der Waals surface area contributed by atoms with Crippen LogP contribution < -0.4 is 0 Å². The summed E-state index contributed by atoms with van der Waals surface area (Å²) in [6, 6.07) is 0. The van der Waals surface area contributed by atoms with Crippen molar-refractivity contribution in [2.45, 2.75) is 65.1 Å². The highest BCUT2D eigenvalue weighted by Gasteiger charge is 2.36. The van der Waals surface area contributed by atoms with Crippen LogP contribution in [0.15, 0.2) is 11.6 Å². The van der Waals surface area contributed by atoms with Crippen molar-refractivity contribution in [3.05, 3.63) is 11.6 Å². The van der Waals surface area contributed by atoms with Crippen molar-refractivity contribution in [1.82, 2.24) is 0 Å². The zero-order valence-electron chi connectivity index (χ0n) is 11.8. The number of hydrogen-bond donors (Lipinski definition) is 2.